The molecular weight excluding hydrogens is 282 g/mol. The zero-order chi connectivity index (χ0) is 16.3. The van der Waals surface area contributed by atoms with Gasteiger partial charge in [0.25, 0.3) is 0 Å². The SMILES string of the molecule is CC(C)(c1ccccn1)C(O)(c1ccccc1)c1ccccc1. The maximum Gasteiger partial charge on any atom is 0.125 e. The monoisotopic (exact) mass is 303 g/mol. The molecule has 0 fully saturated rings. The number of benzene rings is 2. The van der Waals surface area contributed by atoms with Gasteiger partial charge in [-0.15, -0.1) is 0 Å². The maximum atomic E-state index is 11.9. The maximum absolute atomic E-state index is 11.9. The molecule has 2 aromatic carbocycles. The van der Waals surface area contributed by atoms with E-state index in [1.165, 1.54) is 0 Å². The van der Waals surface area contributed by atoms with E-state index in [0.29, 0.717) is 0 Å². The summed E-state index contributed by atoms with van der Waals surface area (Å²) in [5, 5.41) is 11.9. The highest BCUT2D eigenvalue weighted by Crippen LogP contribution is 2.46. The molecule has 0 saturated carbocycles. The minimum Gasteiger partial charge on any atom is -0.379 e. The average Bonchev–Trinajstić information content (AvgIpc) is 2.63. The molecule has 3 rings (SSSR count). The van der Waals surface area contributed by atoms with E-state index in [2.05, 4.69) is 4.98 Å². The molecule has 0 aliphatic heterocycles. The summed E-state index contributed by atoms with van der Waals surface area (Å²) < 4.78 is 0. The molecule has 0 aliphatic rings. The fourth-order valence-electron chi connectivity index (χ4n) is 3.16. The lowest BCUT2D eigenvalue weighted by atomic mass is 9.65. The lowest BCUT2D eigenvalue weighted by Gasteiger charge is -2.43. The molecule has 2 heteroatoms. The van der Waals surface area contributed by atoms with Crippen LogP contribution in [0.3, 0.4) is 0 Å². The van der Waals surface area contributed by atoms with Crippen molar-refractivity contribution in [3.63, 3.8) is 0 Å². The molecule has 3 aromatic rings. The second kappa shape index (κ2) is 5.98. The molecule has 0 aliphatic carbocycles. The molecule has 1 heterocycles. The van der Waals surface area contributed by atoms with E-state index in [1.807, 2.05) is 92.7 Å². The van der Waals surface area contributed by atoms with Gasteiger partial charge in [-0.3, -0.25) is 4.98 Å². The quantitative estimate of drug-likeness (QED) is 0.779. The largest absolute Gasteiger partial charge is 0.379 e. The summed E-state index contributed by atoms with van der Waals surface area (Å²) in [6, 6.07) is 25.4. The van der Waals surface area contributed by atoms with Crippen LogP contribution in [-0.2, 0) is 11.0 Å². The van der Waals surface area contributed by atoms with E-state index in [-0.39, 0.29) is 0 Å². The topological polar surface area (TPSA) is 33.1 Å². The molecule has 1 N–H and O–H groups in total. The molecule has 0 bridgehead atoms. The Balaban J connectivity index is 2.25. The van der Waals surface area contributed by atoms with Gasteiger partial charge in [0.2, 0.25) is 0 Å². The molecule has 0 spiro atoms. The zero-order valence-electron chi connectivity index (χ0n) is 13.5. The number of nitrogens with zero attached hydrogens (tertiary/aromatic N) is 1. The first-order valence-electron chi connectivity index (χ1n) is 7.82. The van der Waals surface area contributed by atoms with Gasteiger partial charge in [-0.05, 0) is 23.3 Å². The van der Waals surface area contributed by atoms with Crippen LogP contribution in [0.4, 0.5) is 0 Å². The van der Waals surface area contributed by atoms with E-state index in [1.54, 1.807) is 6.20 Å². The van der Waals surface area contributed by atoms with Gasteiger partial charge in [-0.25, -0.2) is 0 Å². The Kier molecular flexibility index (Phi) is 4.01. The van der Waals surface area contributed by atoms with Gasteiger partial charge in [-0.1, -0.05) is 80.6 Å². The Morgan fingerprint density at radius 1 is 0.696 bits per heavy atom. The van der Waals surface area contributed by atoms with E-state index in [4.69, 9.17) is 0 Å². The Morgan fingerprint density at radius 3 is 1.61 bits per heavy atom. The molecule has 0 atom stereocenters. The summed E-state index contributed by atoms with van der Waals surface area (Å²) in [5.74, 6) is 0. The van der Waals surface area contributed by atoms with E-state index in [9.17, 15) is 5.11 Å². The molecule has 0 radical (unpaired) electrons. The normalized spacial score (nSPS) is 12.1. The molecular formula is C21H21NO. The van der Waals surface area contributed by atoms with E-state index >= 15 is 0 Å². The third-order valence-corrected chi connectivity index (χ3v) is 4.59. The lowest BCUT2D eigenvalue weighted by molar-refractivity contribution is 0.00634. The smallest absolute Gasteiger partial charge is 0.125 e. The predicted octanol–water partition coefficient (Wildman–Crippen LogP) is 4.30. The minimum absolute atomic E-state index is 0.600. The third-order valence-electron chi connectivity index (χ3n) is 4.59. The van der Waals surface area contributed by atoms with Crippen LogP contribution in [0.25, 0.3) is 0 Å². The number of aliphatic hydroxyl groups is 1. The van der Waals surface area contributed by atoms with Gasteiger partial charge in [0.05, 0.1) is 0 Å². The van der Waals surface area contributed by atoms with Crippen molar-refractivity contribution >= 4 is 0 Å². The summed E-state index contributed by atoms with van der Waals surface area (Å²) in [6.45, 7) is 4.07. The summed E-state index contributed by atoms with van der Waals surface area (Å²) in [4.78, 5) is 4.51. The highest BCUT2D eigenvalue weighted by molar-refractivity contribution is 5.43. The predicted molar refractivity (Wildman–Crippen MR) is 93.1 cm³/mol. The highest BCUT2D eigenvalue weighted by atomic mass is 16.3. The second-order valence-electron chi connectivity index (χ2n) is 6.28. The number of aromatic nitrogens is 1. The van der Waals surface area contributed by atoms with Gasteiger partial charge < -0.3 is 5.11 Å². The number of hydrogen-bond acceptors (Lipinski definition) is 2. The lowest BCUT2D eigenvalue weighted by Crippen LogP contribution is -2.46. The van der Waals surface area contributed by atoms with Crippen molar-refractivity contribution in [2.45, 2.75) is 24.9 Å². The molecule has 0 amide bonds. The van der Waals surface area contributed by atoms with Crippen LogP contribution in [-0.4, -0.2) is 10.1 Å². The summed E-state index contributed by atoms with van der Waals surface area (Å²) in [7, 11) is 0. The summed E-state index contributed by atoms with van der Waals surface area (Å²) in [5.41, 5.74) is 0.805. The molecule has 1 aromatic heterocycles. The standard InChI is InChI=1S/C21H21NO/c1-20(2,19-15-9-10-16-22-19)21(23,17-11-5-3-6-12-17)18-13-7-4-8-14-18/h3-16,23H,1-2H3. The van der Waals surface area contributed by atoms with Gasteiger partial charge in [0.15, 0.2) is 0 Å². The molecule has 0 unspecified atom stereocenters. The first-order valence-corrected chi connectivity index (χ1v) is 7.82. The number of pyridine rings is 1. The van der Waals surface area contributed by atoms with Crippen LogP contribution in [0, 0.1) is 0 Å². The summed E-state index contributed by atoms with van der Waals surface area (Å²) >= 11 is 0. The zero-order valence-corrected chi connectivity index (χ0v) is 13.5. The molecule has 0 saturated heterocycles. The van der Waals surface area contributed by atoms with Crippen LogP contribution in [0.1, 0.15) is 30.7 Å². The first kappa shape index (κ1) is 15.4. The van der Waals surface area contributed by atoms with Gasteiger partial charge in [-0.2, -0.15) is 0 Å². The number of rotatable bonds is 4. The van der Waals surface area contributed by atoms with Crippen molar-refractivity contribution in [2.75, 3.05) is 0 Å². The fraction of sp³-hybridized carbons (Fsp3) is 0.190. The van der Waals surface area contributed by atoms with E-state index in [0.717, 1.165) is 16.8 Å². The Hall–Kier alpha value is -2.45. The average molecular weight is 303 g/mol. The number of hydrogen-bond donors (Lipinski definition) is 1. The van der Waals surface area contributed by atoms with Crippen LogP contribution in [0.5, 0.6) is 0 Å². The third kappa shape index (κ3) is 2.55. The van der Waals surface area contributed by atoms with Gasteiger partial charge in [0.1, 0.15) is 5.60 Å². The van der Waals surface area contributed by atoms with Gasteiger partial charge in [0, 0.05) is 17.3 Å². The minimum atomic E-state index is -1.18. The van der Waals surface area contributed by atoms with Crippen molar-refractivity contribution in [1.82, 2.24) is 4.98 Å². The highest BCUT2D eigenvalue weighted by Gasteiger charge is 2.48. The summed E-state index contributed by atoms with van der Waals surface area (Å²) in [6.07, 6.45) is 1.77. The fourth-order valence-corrected chi connectivity index (χ4v) is 3.16. The Bertz CT molecular complexity index is 712. The van der Waals surface area contributed by atoms with Crippen LogP contribution >= 0.6 is 0 Å². The first-order chi connectivity index (χ1) is 11.1. The van der Waals surface area contributed by atoms with Crippen molar-refractivity contribution in [1.29, 1.82) is 0 Å². The van der Waals surface area contributed by atoms with Crippen LogP contribution in [0.15, 0.2) is 85.1 Å². The Morgan fingerprint density at radius 2 is 1.17 bits per heavy atom. The van der Waals surface area contributed by atoms with Crippen molar-refractivity contribution in [2.24, 2.45) is 0 Å². The van der Waals surface area contributed by atoms with Crippen molar-refractivity contribution in [3.05, 3.63) is 102 Å². The molecule has 116 valence electrons. The van der Waals surface area contributed by atoms with Crippen molar-refractivity contribution < 1.29 is 5.11 Å². The van der Waals surface area contributed by atoms with E-state index < -0.39 is 11.0 Å². The Labute approximate surface area is 137 Å². The molecule has 23 heavy (non-hydrogen) atoms. The molecule has 2 nitrogen and oxygen atoms in total. The van der Waals surface area contributed by atoms with Gasteiger partial charge >= 0.3 is 0 Å². The van der Waals surface area contributed by atoms with Crippen LogP contribution in [0.2, 0.25) is 0 Å². The van der Waals surface area contributed by atoms with Crippen molar-refractivity contribution in [3.8, 4) is 0 Å². The second-order valence-corrected chi connectivity index (χ2v) is 6.28. The van der Waals surface area contributed by atoms with Crippen LogP contribution < -0.4 is 0 Å².